The van der Waals surface area contributed by atoms with E-state index in [-0.39, 0.29) is 22.5 Å². The Morgan fingerprint density at radius 3 is 2.86 bits per heavy atom. The largest absolute Gasteiger partial charge is 0.320 e. The lowest BCUT2D eigenvalue weighted by Crippen LogP contribution is -2.27. The van der Waals surface area contributed by atoms with Crippen LogP contribution in [0.25, 0.3) is 0 Å². The third-order valence-electron chi connectivity index (χ3n) is 3.44. The van der Waals surface area contributed by atoms with Crippen molar-refractivity contribution in [1.29, 1.82) is 0 Å². The van der Waals surface area contributed by atoms with Crippen LogP contribution in [-0.2, 0) is 10.0 Å². The summed E-state index contributed by atoms with van der Waals surface area (Å²) in [7, 11) is -3.57. The highest BCUT2D eigenvalue weighted by atomic mass is 35.5. The summed E-state index contributed by atoms with van der Waals surface area (Å²) in [5, 5.41) is 0.180. The Morgan fingerprint density at radius 2 is 2.24 bits per heavy atom. The molecule has 0 radical (unpaired) electrons. The van der Waals surface area contributed by atoms with Crippen LogP contribution in [0.2, 0.25) is 5.02 Å². The second-order valence-electron chi connectivity index (χ2n) is 5.16. The molecule has 114 valence electrons. The van der Waals surface area contributed by atoms with E-state index >= 15 is 0 Å². The van der Waals surface area contributed by atoms with Gasteiger partial charge in [-0.2, -0.15) is 0 Å². The van der Waals surface area contributed by atoms with Crippen molar-refractivity contribution in [2.45, 2.75) is 37.1 Å². The van der Waals surface area contributed by atoms with E-state index in [2.05, 4.69) is 23.5 Å². The molecule has 0 bridgehead atoms. The summed E-state index contributed by atoms with van der Waals surface area (Å²) in [6.45, 7) is 2.35. The van der Waals surface area contributed by atoms with Crippen molar-refractivity contribution in [3.05, 3.63) is 28.8 Å². The zero-order valence-electron chi connectivity index (χ0n) is 11.9. The first-order valence-electron chi connectivity index (χ1n) is 6.98. The molecule has 1 aliphatic carbocycles. The molecule has 0 amide bonds. The fourth-order valence-electron chi connectivity index (χ4n) is 2.29. The molecule has 1 aliphatic rings. The third-order valence-corrected chi connectivity index (χ3v) is 5.42. The molecule has 2 rings (SSSR count). The molecular weight excluding hydrogens is 308 g/mol. The Morgan fingerprint density at radius 1 is 1.48 bits per heavy atom. The number of sulfonamides is 1. The van der Waals surface area contributed by atoms with Crippen LogP contribution < -0.4 is 10.5 Å². The molecule has 21 heavy (non-hydrogen) atoms. The van der Waals surface area contributed by atoms with Gasteiger partial charge < -0.3 is 5.73 Å². The molecule has 0 spiro atoms. The van der Waals surface area contributed by atoms with E-state index in [0.717, 1.165) is 19.3 Å². The first-order valence-corrected chi connectivity index (χ1v) is 8.85. The maximum atomic E-state index is 12.3. The van der Waals surface area contributed by atoms with Crippen molar-refractivity contribution in [2.75, 3.05) is 6.54 Å². The second kappa shape index (κ2) is 6.80. The summed E-state index contributed by atoms with van der Waals surface area (Å²) < 4.78 is 27.4. The summed E-state index contributed by atoms with van der Waals surface area (Å²) >= 11 is 6.08. The SMILES string of the molecule is CCCC1CC1NS(=O)(=O)c1ccc(C#CCN)cc1Cl. The van der Waals surface area contributed by atoms with E-state index in [4.69, 9.17) is 17.3 Å². The van der Waals surface area contributed by atoms with Crippen molar-refractivity contribution in [3.8, 4) is 11.8 Å². The predicted molar refractivity (Wildman–Crippen MR) is 84.5 cm³/mol. The maximum absolute atomic E-state index is 12.3. The first kappa shape index (κ1) is 16.3. The van der Waals surface area contributed by atoms with E-state index in [9.17, 15) is 8.42 Å². The molecule has 3 N–H and O–H groups in total. The number of hydrogen-bond donors (Lipinski definition) is 2. The van der Waals surface area contributed by atoms with Gasteiger partial charge in [-0.15, -0.1) is 0 Å². The van der Waals surface area contributed by atoms with Crippen molar-refractivity contribution in [1.82, 2.24) is 4.72 Å². The molecule has 1 saturated carbocycles. The number of benzene rings is 1. The lowest BCUT2D eigenvalue weighted by Gasteiger charge is -2.08. The molecule has 0 heterocycles. The Bertz CT molecular complexity index is 677. The Hall–Kier alpha value is -1.06. The van der Waals surface area contributed by atoms with Gasteiger partial charge in [-0.1, -0.05) is 36.8 Å². The standard InChI is InChI=1S/C15H19ClN2O2S/c1-2-4-12-10-14(12)18-21(19,20)15-7-6-11(5-3-8-17)9-13(15)16/h6-7,9,12,14,18H,2,4,8,10,17H2,1H3. The molecule has 2 atom stereocenters. The van der Waals surface area contributed by atoms with Crippen LogP contribution in [0.5, 0.6) is 0 Å². The van der Waals surface area contributed by atoms with Gasteiger partial charge >= 0.3 is 0 Å². The summed E-state index contributed by atoms with van der Waals surface area (Å²) in [6, 6.07) is 4.72. The van der Waals surface area contributed by atoms with Gasteiger partial charge in [-0.05, 0) is 37.0 Å². The summed E-state index contributed by atoms with van der Waals surface area (Å²) in [5.41, 5.74) is 5.95. The summed E-state index contributed by atoms with van der Waals surface area (Å²) in [5.74, 6) is 5.99. The van der Waals surface area contributed by atoms with E-state index < -0.39 is 10.0 Å². The van der Waals surface area contributed by atoms with Gasteiger partial charge in [0.15, 0.2) is 0 Å². The minimum atomic E-state index is -3.57. The number of nitrogens with one attached hydrogen (secondary N) is 1. The van der Waals surface area contributed by atoms with Crippen LogP contribution in [0.4, 0.5) is 0 Å². The number of hydrogen-bond acceptors (Lipinski definition) is 3. The Balaban J connectivity index is 2.13. The second-order valence-corrected chi connectivity index (χ2v) is 7.25. The highest BCUT2D eigenvalue weighted by Gasteiger charge is 2.39. The molecule has 1 aromatic carbocycles. The van der Waals surface area contributed by atoms with Crippen LogP contribution in [0.15, 0.2) is 23.1 Å². The smallest absolute Gasteiger partial charge is 0.242 e. The zero-order chi connectivity index (χ0) is 15.5. The highest BCUT2D eigenvalue weighted by molar-refractivity contribution is 7.89. The van der Waals surface area contributed by atoms with E-state index in [0.29, 0.717) is 11.5 Å². The Kier molecular flexibility index (Phi) is 5.28. The Labute approximate surface area is 131 Å². The quantitative estimate of drug-likeness (QED) is 0.814. The van der Waals surface area contributed by atoms with Crippen LogP contribution in [-0.4, -0.2) is 21.0 Å². The molecule has 6 heteroatoms. The van der Waals surface area contributed by atoms with Gasteiger partial charge in [-0.25, -0.2) is 13.1 Å². The van der Waals surface area contributed by atoms with E-state index in [1.54, 1.807) is 12.1 Å². The van der Waals surface area contributed by atoms with Crippen LogP contribution in [0.3, 0.4) is 0 Å². The van der Waals surface area contributed by atoms with Gasteiger partial charge in [0.2, 0.25) is 10.0 Å². The number of halogens is 1. The normalized spacial score (nSPS) is 20.7. The molecule has 1 aromatic rings. The van der Waals surface area contributed by atoms with Gasteiger partial charge in [-0.3, -0.25) is 0 Å². The molecular formula is C15H19ClN2O2S. The fourth-order valence-corrected chi connectivity index (χ4v) is 4.16. The molecule has 2 unspecified atom stereocenters. The van der Waals surface area contributed by atoms with Crippen LogP contribution >= 0.6 is 11.6 Å². The summed E-state index contributed by atoms with van der Waals surface area (Å²) in [6.07, 6.45) is 3.03. The van der Waals surface area contributed by atoms with Gasteiger partial charge in [0.25, 0.3) is 0 Å². The van der Waals surface area contributed by atoms with Crippen LogP contribution in [0.1, 0.15) is 31.7 Å². The van der Waals surface area contributed by atoms with Crippen LogP contribution in [0, 0.1) is 17.8 Å². The molecule has 0 aliphatic heterocycles. The zero-order valence-corrected chi connectivity index (χ0v) is 13.5. The minimum Gasteiger partial charge on any atom is -0.320 e. The fraction of sp³-hybridized carbons (Fsp3) is 0.467. The average molecular weight is 327 g/mol. The molecule has 4 nitrogen and oxygen atoms in total. The van der Waals surface area contributed by atoms with Crippen molar-refractivity contribution >= 4 is 21.6 Å². The van der Waals surface area contributed by atoms with E-state index in [1.807, 2.05) is 0 Å². The topological polar surface area (TPSA) is 72.2 Å². The lowest BCUT2D eigenvalue weighted by atomic mass is 10.2. The number of rotatable bonds is 5. The predicted octanol–water partition coefficient (Wildman–Crippen LogP) is 2.12. The van der Waals surface area contributed by atoms with Gasteiger partial charge in [0.05, 0.1) is 11.6 Å². The minimum absolute atomic E-state index is 0.0442. The molecule has 1 fully saturated rings. The average Bonchev–Trinajstić information content (AvgIpc) is 3.13. The van der Waals surface area contributed by atoms with Gasteiger partial charge in [0, 0.05) is 11.6 Å². The highest BCUT2D eigenvalue weighted by Crippen LogP contribution is 2.36. The van der Waals surface area contributed by atoms with Gasteiger partial charge in [0.1, 0.15) is 4.90 Å². The van der Waals surface area contributed by atoms with Crippen molar-refractivity contribution < 1.29 is 8.42 Å². The number of nitrogens with two attached hydrogens (primary N) is 1. The third kappa shape index (κ3) is 4.21. The van der Waals surface area contributed by atoms with Crippen molar-refractivity contribution in [3.63, 3.8) is 0 Å². The molecule has 0 saturated heterocycles. The monoisotopic (exact) mass is 326 g/mol. The van der Waals surface area contributed by atoms with E-state index in [1.165, 1.54) is 6.07 Å². The molecule has 0 aromatic heterocycles. The summed E-state index contributed by atoms with van der Waals surface area (Å²) in [4.78, 5) is 0.101. The first-order chi connectivity index (χ1) is 9.97. The maximum Gasteiger partial charge on any atom is 0.242 e. The van der Waals surface area contributed by atoms with Crippen molar-refractivity contribution in [2.24, 2.45) is 11.7 Å². The lowest BCUT2D eigenvalue weighted by molar-refractivity contribution is 0.573.